The van der Waals surface area contributed by atoms with E-state index in [1.54, 1.807) is 18.2 Å². The van der Waals surface area contributed by atoms with Crippen LogP contribution in [0, 0.1) is 0 Å². The van der Waals surface area contributed by atoms with Crippen LogP contribution < -0.4 is 5.32 Å². The molecular weight excluding hydrogens is 627 g/mol. The summed E-state index contributed by atoms with van der Waals surface area (Å²) in [6.45, 7) is 6.41. The highest BCUT2D eigenvalue weighted by atomic mass is 35.5. The van der Waals surface area contributed by atoms with Gasteiger partial charge in [0.2, 0.25) is 0 Å². The molecule has 3 amide bonds. The Morgan fingerprint density at radius 3 is 2.37 bits per heavy atom. The van der Waals surface area contributed by atoms with E-state index in [2.05, 4.69) is 27.1 Å². The van der Waals surface area contributed by atoms with Gasteiger partial charge in [-0.05, 0) is 56.1 Å². The van der Waals surface area contributed by atoms with Crippen LogP contribution in [0.15, 0.2) is 42.5 Å². The first-order chi connectivity index (χ1) is 22.1. The van der Waals surface area contributed by atoms with Gasteiger partial charge in [-0.1, -0.05) is 41.4 Å². The van der Waals surface area contributed by atoms with Crippen LogP contribution in [0.25, 0.3) is 0 Å². The second-order valence-electron chi connectivity index (χ2n) is 13.5. The molecule has 3 atom stereocenters. The normalized spacial score (nSPS) is 28.7. The Bertz CT molecular complexity index is 1430. The van der Waals surface area contributed by atoms with E-state index >= 15 is 0 Å². The molecule has 0 radical (unpaired) electrons. The number of quaternary nitrogens is 1. The minimum absolute atomic E-state index is 0.0406. The molecule has 4 heterocycles. The lowest BCUT2D eigenvalue weighted by atomic mass is 9.81. The largest absolute Gasteiger partial charge is 0.515 e. The molecule has 2 N–H and O–H groups in total. The monoisotopic (exact) mass is 671 g/mol. The molecule has 12 heteroatoms. The molecule has 46 heavy (non-hydrogen) atoms. The molecular formula is C34H45Cl2N6O4+. The van der Waals surface area contributed by atoms with E-state index in [9.17, 15) is 19.5 Å². The number of nitrogens with one attached hydrogen (secondary N) is 1. The van der Waals surface area contributed by atoms with Gasteiger partial charge >= 0.3 is 12.1 Å². The van der Waals surface area contributed by atoms with E-state index < -0.39 is 11.8 Å². The van der Waals surface area contributed by atoms with Crippen molar-refractivity contribution in [2.45, 2.75) is 62.8 Å². The molecule has 2 aromatic rings. The van der Waals surface area contributed by atoms with Crippen molar-refractivity contribution in [2.75, 3.05) is 64.7 Å². The highest BCUT2D eigenvalue weighted by Gasteiger charge is 2.64. The third-order valence-electron chi connectivity index (χ3n) is 11.0. The number of halogens is 2. The van der Waals surface area contributed by atoms with Crippen molar-refractivity contribution in [3.8, 4) is 0 Å². The topological polar surface area (TPSA) is 96.4 Å². The zero-order chi connectivity index (χ0) is 32.5. The van der Waals surface area contributed by atoms with Crippen LogP contribution in [0.4, 0.5) is 15.3 Å². The number of hydrogen-bond acceptors (Lipinski definition) is 6. The molecule has 248 valence electrons. The summed E-state index contributed by atoms with van der Waals surface area (Å²) in [5.74, 6) is 0. The van der Waals surface area contributed by atoms with Gasteiger partial charge in [-0.15, -0.1) is 0 Å². The van der Waals surface area contributed by atoms with Crippen molar-refractivity contribution in [1.82, 2.24) is 19.6 Å². The molecule has 0 bridgehead atoms. The van der Waals surface area contributed by atoms with E-state index in [4.69, 9.17) is 23.2 Å². The summed E-state index contributed by atoms with van der Waals surface area (Å²) in [6, 6.07) is 13.0. The van der Waals surface area contributed by atoms with Crippen LogP contribution in [0.5, 0.6) is 0 Å². The standard InChI is InChI=1S/C34H44Cl2N6O4/c1-38-14-16-39(17-15-38)29-7-11-40(12-8-29)34(10-19-43)23-30(41-13-6-26-4-2-3-5-31(26)37-32(41)44)9-18-42(34,33(45)46)24-25-20-27(35)22-28(36)21-25/h2-5,19-22,29-30H,6-18,23-24H2,1H3,(H-,37,44,45,46)/p+1/t30?,34?,42-/m0/s1. The van der Waals surface area contributed by atoms with Crippen molar-refractivity contribution in [3.63, 3.8) is 0 Å². The Morgan fingerprint density at radius 1 is 1.00 bits per heavy atom. The minimum Gasteiger partial charge on any atom is -0.435 e. The van der Waals surface area contributed by atoms with E-state index in [1.807, 2.05) is 29.2 Å². The highest BCUT2D eigenvalue weighted by Crippen LogP contribution is 2.46. The average Bonchev–Trinajstić information content (AvgIpc) is 3.20. The van der Waals surface area contributed by atoms with E-state index in [0.717, 1.165) is 56.6 Å². The molecule has 0 aliphatic carbocycles. The fourth-order valence-electron chi connectivity index (χ4n) is 8.57. The van der Waals surface area contributed by atoms with Crippen molar-refractivity contribution in [1.29, 1.82) is 0 Å². The van der Waals surface area contributed by atoms with Crippen LogP contribution in [0.1, 0.15) is 43.2 Å². The number of likely N-dealkylation sites (N-methyl/N-ethyl adjacent to an activating group) is 1. The van der Waals surface area contributed by atoms with Crippen LogP contribution in [0.3, 0.4) is 0 Å². The summed E-state index contributed by atoms with van der Waals surface area (Å²) in [5.41, 5.74) is 1.53. The molecule has 3 saturated heterocycles. The number of hydrogen-bond donors (Lipinski definition) is 2. The fourth-order valence-corrected chi connectivity index (χ4v) is 9.14. The van der Waals surface area contributed by atoms with Crippen LogP contribution in [-0.2, 0) is 17.8 Å². The van der Waals surface area contributed by atoms with Crippen LogP contribution >= 0.6 is 23.2 Å². The SMILES string of the molecule is CN1CCN(C2CCN(C3(CC=O)CC(N4CCc5ccccc5NC4=O)CC[N@+]3(Cc3cc(Cl)cc(Cl)c3)C(=O)O)CC2)CC1. The van der Waals surface area contributed by atoms with E-state index in [0.29, 0.717) is 60.5 Å². The van der Waals surface area contributed by atoms with Crippen molar-refractivity contribution in [3.05, 3.63) is 63.6 Å². The number of carboxylic acid groups (broad SMARTS) is 1. The number of nitrogens with zero attached hydrogens (tertiary/aromatic N) is 5. The Hall–Kier alpha value is -2.73. The number of carbonyl (C=O) groups is 3. The van der Waals surface area contributed by atoms with Gasteiger partial charge in [-0.2, -0.15) is 4.79 Å². The molecule has 2 aromatic carbocycles. The van der Waals surface area contributed by atoms with E-state index in [-0.39, 0.29) is 36.1 Å². The number of piperidine rings is 2. The third-order valence-corrected chi connectivity index (χ3v) is 11.5. The number of anilines is 1. The number of rotatable bonds is 7. The van der Waals surface area contributed by atoms with Gasteiger partial charge in [-0.3, -0.25) is 9.80 Å². The summed E-state index contributed by atoms with van der Waals surface area (Å²) in [5, 5.41) is 15.2. The molecule has 2 unspecified atom stereocenters. The first-order valence-electron chi connectivity index (χ1n) is 16.5. The molecule has 4 aliphatic rings. The maximum atomic E-state index is 13.7. The second kappa shape index (κ2) is 13.8. The molecule has 6 rings (SSSR count). The molecule has 4 aliphatic heterocycles. The number of urea groups is 1. The number of piperazine rings is 1. The van der Waals surface area contributed by atoms with Crippen LogP contribution in [0.2, 0.25) is 10.0 Å². The minimum atomic E-state index is -1.07. The van der Waals surface area contributed by atoms with Crippen molar-refractivity contribution in [2.24, 2.45) is 0 Å². The summed E-state index contributed by atoms with van der Waals surface area (Å²) in [6.07, 6.45) is 3.30. The number of benzene rings is 2. The fraction of sp³-hybridized carbons (Fsp3) is 0.559. The van der Waals surface area contributed by atoms with Gasteiger partial charge in [0.05, 0.1) is 13.0 Å². The van der Waals surface area contributed by atoms with Gasteiger partial charge in [-0.25, -0.2) is 9.28 Å². The number of likely N-dealkylation sites (tertiary alicyclic amines) is 2. The third kappa shape index (κ3) is 6.40. The number of fused-ring (bicyclic) bond motifs is 1. The summed E-state index contributed by atoms with van der Waals surface area (Å²) in [4.78, 5) is 49.2. The Morgan fingerprint density at radius 2 is 1.70 bits per heavy atom. The first kappa shape index (κ1) is 33.2. The number of aldehydes is 1. The molecule has 10 nitrogen and oxygen atoms in total. The lowest BCUT2D eigenvalue weighted by Crippen LogP contribution is -2.78. The Balaban J connectivity index is 1.35. The summed E-state index contributed by atoms with van der Waals surface area (Å²) >= 11 is 12.8. The van der Waals surface area contributed by atoms with Gasteiger partial charge in [0, 0.05) is 92.0 Å². The number of amides is 3. The summed E-state index contributed by atoms with van der Waals surface area (Å²) in [7, 11) is 2.16. The zero-order valence-electron chi connectivity index (χ0n) is 26.5. The second-order valence-corrected chi connectivity index (χ2v) is 14.4. The van der Waals surface area contributed by atoms with E-state index in [1.165, 1.54) is 0 Å². The zero-order valence-corrected chi connectivity index (χ0v) is 28.1. The maximum absolute atomic E-state index is 13.7. The lowest BCUT2D eigenvalue weighted by Gasteiger charge is -2.59. The Kier molecular flexibility index (Phi) is 9.94. The molecule has 3 fully saturated rings. The molecule has 0 aromatic heterocycles. The van der Waals surface area contributed by atoms with Gasteiger partial charge in [0.1, 0.15) is 12.8 Å². The smallest absolute Gasteiger partial charge is 0.435 e. The number of carbonyl (C=O) groups excluding carboxylic acids is 2. The van der Waals surface area contributed by atoms with Gasteiger partial charge in [0.15, 0.2) is 5.66 Å². The molecule has 0 saturated carbocycles. The van der Waals surface area contributed by atoms with Crippen LogP contribution in [-0.4, -0.2) is 125 Å². The van der Waals surface area contributed by atoms with Gasteiger partial charge < -0.3 is 25.0 Å². The van der Waals surface area contributed by atoms with Crippen molar-refractivity contribution < 1.29 is 24.0 Å². The first-order valence-corrected chi connectivity index (χ1v) is 17.2. The maximum Gasteiger partial charge on any atom is 0.515 e. The highest BCUT2D eigenvalue weighted by molar-refractivity contribution is 6.34. The van der Waals surface area contributed by atoms with Gasteiger partial charge in [0.25, 0.3) is 0 Å². The van der Waals surface area contributed by atoms with Crippen molar-refractivity contribution >= 4 is 47.3 Å². The lowest BCUT2D eigenvalue weighted by molar-refractivity contribution is -0.942. The Labute approximate surface area is 281 Å². The summed E-state index contributed by atoms with van der Waals surface area (Å²) < 4.78 is -0.340. The quantitative estimate of drug-likeness (QED) is 0.307. The average molecular weight is 673 g/mol. The number of para-hydroxylation sites is 1. The molecule has 0 spiro atoms. The predicted molar refractivity (Wildman–Crippen MR) is 179 cm³/mol. The predicted octanol–water partition coefficient (Wildman–Crippen LogP) is 5.24.